The van der Waals surface area contributed by atoms with E-state index in [9.17, 15) is 4.39 Å². The summed E-state index contributed by atoms with van der Waals surface area (Å²) in [5.41, 5.74) is 6.92. The molecular weight excluding hydrogens is 255 g/mol. The molecule has 0 aromatic heterocycles. The highest BCUT2D eigenvalue weighted by molar-refractivity contribution is 5.38. The lowest BCUT2D eigenvalue weighted by Crippen LogP contribution is -2.35. The minimum atomic E-state index is -0.265. The Hall–Kier alpha value is -1.41. The van der Waals surface area contributed by atoms with Crippen LogP contribution < -0.4 is 5.73 Å². The third kappa shape index (κ3) is 5.30. The van der Waals surface area contributed by atoms with Crippen molar-refractivity contribution in [1.29, 1.82) is 0 Å². The van der Waals surface area contributed by atoms with Crippen molar-refractivity contribution < 1.29 is 9.13 Å². The van der Waals surface area contributed by atoms with Crippen LogP contribution in [0.4, 0.5) is 4.39 Å². The summed E-state index contributed by atoms with van der Waals surface area (Å²) in [6.07, 6.45) is 0. The molecule has 0 aliphatic carbocycles. The molecule has 1 unspecified atom stereocenters. The number of halogens is 1. The van der Waals surface area contributed by atoms with Gasteiger partial charge >= 0.3 is 0 Å². The molecule has 0 fully saturated rings. The molecule has 0 saturated carbocycles. The molecule has 1 aromatic carbocycles. The van der Waals surface area contributed by atoms with E-state index in [0.717, 1.165) is 12.1 Å². The predicted molar refractivity (Wildman–Crippen MR) is 79.8 cm³/mol. The zero-order chi connectivity index (χ0) is 15.0. The topological polar surface area (TPSA) is 38.5 Å². The quantitative estimate of drug-likeness (QED) is 0.809. The smallest absolute Gasteiger partial charge is 0.124 e. The highest BCUT2D eigenvalue weighted by Gasteiger charge is 2.13. The number of rotatable bonds is 6. The summed E-state index contributed by atoms with van der Waals surface area (Å²) < 4.78 is 18.8. The largest absolute Gasteiger partial charge is 0.383 e. The second-order valence-electron chi connectivity index (χ2n) is 4.72. The maximum absolute atomic E-state index is 13.6. The van der Waals surface area contributed by atoms with Crippen molar-refractivity contribution in [1.82, 2.24) is 4.90 Å². The van der Waals surface area contributed by atoms with Crippen molar-refractivity contribution in [3.8, 4) is 11.8 Å². The van der Waals surface area contributed by atoms with Gasteiger partial charge in [0, 0.05) is 25.3 Å². The number of methoxy groups -OCH3 is 1. The first-order chi connectivity index (χ1) is 9.60. The molecule has 2 N–H and O–H groups in total. The Bertz CT molecular complexity index is 479. The second kappa shape index (κ2) is 8.70. The molecule has 3 nitrogen and oxygen atoms in total. The van der Waals surface area contributed by atoms with Gasteiger partial charge in [0.1, 0.15) is 5.82 Å². The fourth-order valence-electron chi connectivity index (χ4n) is 2.13. The lowest BCUT2D eigenvalue weighted by atomic mass is 10.1. The Morgan fingerprint density at radius 1 is 1.40 bits per heavy atom. The molecule has 0 spiro atoms. The molecule has 0 radical (unpaired) electrons. The molecule has 0 aliphatic heterocycles. The van der Waals surface area contributed by atoms with E-state index in [1.165, 1.54) is 6.07 Å². The van der Waals surface area contributed by atoms with E-state index in [2.05, 4.69) is 30.6 Å². The summed E-state index contributed by atoms with van der Waals surface area (Å²) in [6, 6.07) is 5.18. The van der Waals surface area contributed by atoms with E-state index in [0.29, 0.717) is 18.7 Å². The Labute approximate surface area is 120 Å². The van der Waals surface area contributed by atoms with Gasteiger partial charge in [0.05, 0.1) is 13.2 Å². The third-order valence-electron chi connectivity index (χ3n) is 3.12. The Kier molecular flexibility index (Phi) is 7.24. The van der Waals surface area contributed by atoms with Gasteiger partial charge in [0.15, 0.2) is 0 Å². The zero-order valence-electron chi connectivity index (χ0n) is 12.4. The normalized spacial score (nSPS) is 12.1. The lowest BCUT2D eigenvalue weighted by Gasteiger charge is -2.27. The van der Waals surface area contributed by atoms with Crippen LogP contribution >= 0.6 is 0 Å². The van der Waals surface area contributed by atoms with E-state index in [1.807, 2.05) is 6.07 Å². The molecule has 1 aromatic rings. The molecule has 0 aliphatic rings. The number of likely N-dealkylation sites (N-methyl/N-ethyl adjacent to an activating group) is 1. The van der Waals surface area contributed by atoms with E-state index < -0.39 is 0 Å². The molecule has 4 heteroatoms. The van der Waals surface area contributed by atoms with Crippen molar-refractivity contribution >= 4 is 0 Å². The first kappa shape index (κ1) is 16.6. The summed E-state index contributed by atoms with van der Waals surface area (Å²) in [6.45, 7) is 6.67. The minimum Gasteiger partial charge on any atom is -0.383 e. The average Bonchev–Trinajstić information content (AvgIpc) is 2.42. The zero-order valence-corrected chi connectivity index (χ0v) is 12.4. The van der Waals surface area contributed by atoms with Crippen molar-refractivity contribution in [2.45, 2.75) is 26.4 Å². The van der Waals surface area contributed by atoms with Crippen LogP contribution in [0.3, 0.4) is 0 Å². The number of nitrogens with zero attached hydrogens (tertiary/aromatic N) is 1. The number of hydrogen-bond acceptors (Lipinski definition) is 3. The molecule has 20 heavy (non-hydrogen) atoms. The van der Waals surface area contributed by atoms with Gasteiger partial charge in [-0.05, 0) is 37.2 Å². The Morgan fingerprint density at radius 2 is 2.15 bits per heavy atom. The van der Waals surface area contributed by atoms with Crippen LogP contribution in [0, 0.1) is 17.7 Å². The monoisotopic (exact) mass is 278 g/mol. The van der Waals surface area contributed by atoms with Gasteiger partial charge in [-0.1, -0.05) is 18.8 Å². The van der Waals surface area contributed by atoms with Gasteiger partial charge in [-0.15, -0.1) is 0 Å². The van der Waals surface area contributed by atoms with E-state index in [-0.39, 0.29) is 18.4 Å². The second-order valence-corrected chi connectivity index (χ2v) is 4.72. The van der Waals surface area contributed by atoms with Crippen LogP contribution in [0.25, 0.3) is 0 Å². The van der Waals surface area contributed by atoms with Gasteiger partial charge in [0.25, 0.3) is 0 Å². The van der Waals surface area contributed by atoms with Crippen LogP contribution in [-0.2, 0) is 11.3 Å². The first-order valence-electron chi connectivity index (χ1n) is 6.82. The number of benzene rings is 1. The van der Waals surface area contributed by atoms with Crippen LogP contribution in [0.1, 0.15) is 25.0 Å². The molecule has 0 bridgehead atoms. The predicted octanol–water partition coefficient (Wildman–Crippen LogP) is 1.99. The summed E-state index contributed by atoms with van der Waals surface area (Å²) >= 11 is 0. The number of hydrogen-bond donors (Lipinski definition) is 1. The van der Waals surface area contributed by atoms with Gasteiger partial charge in [-0.3, -0.25) is 4.90 Å². The SMILES string of the molecule is CCN(Cc1cc(F)cc(C#CCN)c1)C(C)COC. The number of nitrogens with two attached hydrogens (primary N) is 1. The fraction of sp³-hybridized carbons (Fsp3) is 0.500. The molecule has 1 atom stereocenters. The maximum Gasteiger partial charge on any atom is 0.124 e. The van der Waals surface area contributed by atoms with Crippen LogP contribution in [0.5, 0.6) is 0 Å². The summed E-state index contributed by atoms with van der Waals surface area (Å²) in [4.78, 5) is 2.23. The van der Waals surface area contributed by atoms with Crippen molar-refractivity contribution in [3.05, 3.63) is 35.1 Å². The van der Waals surface area contributed by atoms with Gasteiger partial charge in [-0.25, -0.2) is 4.39 Å². The van der Waals surface area contributed by atoms with Crippen molar-refractivity contribution in [2.24, 2.45) is 5.73 Å². The molecule has 0 amide bonds. The maximum atomic E-state index is 13.6. The van der Waals surface area contributed by atoms with Crippen LogP contribution in [0.15, 0.2) is 18.2 Å². The summed E-state index contributed by atoms with van der Waals surface area (Å²) in [5.74, 6) is 5.36. The summed E-state index contributed by atoms with van der Waals surface area (Å²) in [5, 5.41) is 0. The highest BCUT2D eigenvalue weighted by Crippen LogP contribution is 2.13. The van der Waals surface area contributed by atoms with Gasteiger partial charge < -0.3 is 10.5 Å². The molecule has 0 saturated heterocycles. The van der Waals surface area contributed by atoms with Gasteiger partial charge in [-0.2, -0.15) is 0 Å². The minimum absolute atomic E-state index is 0.265. The van der Waals surface area contributed by atoms with Crippen molar-refractivity contribution in [2.75, 3.05) is 26.8 Å². The van der Waals surface area contributed by atoms with Crippen molar-refractivity contribution in [3.63, 3.8) is 0 Å². The average molecular weight is 278 g/mol. The number of ether oxygens (including phenoxy) is 1. The Balaban J connectivity index is 2.87. The fourth-order valence-corrected chi connectivity index (χ4v) is 2.13. The Morgan fingerprint density at radius 3 is 2.75 bits per heavy atom. The molecular formula is C16H23FN2O. The van der Waals surface area contributed by atoms with Crippen LogP contribution in [-0.4, -0.2) is 37.7 Å². The van der Waals surface area contributed by atoms with Gasteiger partial charge in [0.2, 0.25) is 0 Å². The molecule has 110 valence electrons. The molecule has 1 rings (SSSR count). The third-order valence-corrected chi connectivity index (χ3v) is 3.12. The summed E-state index contributed by atoms with van der Waals surface area (Å²) in [7, 11) is 1.69. The molecule has 0 heterocycles. The standard InChI is InChI=1S/C16H23FN2O/c1-4-19(13(2)12-20-3)11-15-8-14(6-5-7-18)9-16(17)10-15/h8-10,13H,4,7,11-12,18H2,1-3H3. The first-order valence-corrected chi connectivity index (χ1v) is 6.82. The highest BCUT2D eigenvalue weighted by atomic mass is 19.1. The van der Waals surface area contributed by atoms with E-state index in [1.54, 1.807) is 13.2 Å². The van der Waals surface area contributed by atoms with E-state index >= 15 is 0 Å². The van der Waals surface area contributed by atoms with Crippen LogP contribution in [0.2, 0.25) is 0 Å². The lowest BCUT2D eigenvalue weighted by molar-refractivity contribution is 0.0981. The van der Waals surface area contributed by atoms with E-state index in [4.69, 9.17) is 10.5 Å².